The van der Waals surface area contributed by atoms with Gasteiger partial charge in [0.2, 0.25) is 0 Å². The molecule has 24 heavy (non-hydrogen) atoms. The average Bonchev–Trinajstić information content (AvgIpc) is 2.63. The molecule has 0 radical (unpaired) electrons. The molecule has 130 valence electrons. The molecule has 2 amide bonds. The van der Waals surface area contributed by atoms with Crippen molar-refractivity contribution in [2.45, 2.75) is 25.8 Å². The summed E-state index contributed by atoms with van der Waals surface area (Å²) in [6, 6.07) is 7.92. The second-order valence-corrected chi connectivity index (χ2v) is 6.53. The van der Waals surface area contributed by atoms with Crippen molar-refractivity contribution in [3.63, 3.8) is 0 Å². The van der Waals surface area contributed by atoms with Crippen molar-refractivity contribution in [2.24, 2.45) is 5.92 Å². The molecule has 0 aromatic heterocycles. The van der Waals surface area contributed by atoms with Crippen LogP contribution in [-0.4, -0.2) is 43.8 Å². The zero-order valence-electron chi connectivity index (χ0n) is 14.2. The van der Waals surface area contributed by atoms with Gasteiger partial charge in [-0.2, -0.15) is 0 Å². The van der Waals surface area contributed by atoms with Crippen molar-refractivity contribution in [3.05, 3.63) is 42.0 Å². The lowest BCUT2D eigenvalue weighted by atomic mass is 9.94. The predicted octanol–water partition coefficient (Wildman–Crippen LogP) is 3.00. The van der Waals surface area contributed by atoms with Crippen LogP contribution in [0.3, 0.4) is 0 Å². The van der Waals surface area contributed by atoms with Crippen molar-refractivity contribution >= 4 is 11.7 Å². The van der Waals surface area contributed by atoms with E-state index in [9.17, 15) is 4.79 Å². The third kappa shape index (κ3) is 5.08. The molecule has 0 spiro atoms. The molecule has 2 N–H and O–H groups in total. The molecule has 0 saturated carbocycles. The Hall–Kier alpha value is -1.85. The normalized spacial score (nSPS) is 21.4. The molecule has 1 fully saturated rings. The van der Waals surface area contributed by atoms with E-state index in [2.05, 4.69) is 33.8 Å². The smallest absolute Gasteiger partial charge is 0.319 e. The largest absolute Gasteiger partial charge is 0.379 e. The highest BCUT2D eigenvalue weighted by molar-refractivity contribution is 5.90. The summed E-state index contributed by atoms with van der Waals surface area (Å²) < 4.78 is 5.40. The number of rotatable bonds is 5. The van der Waals surface area contributed by atoms with Crippen molar-refractivity contribution in [3.8, 4) is 0 Å². The third-order valence-corrected chi connectivity index (χ3v) is 4.69. The highest BCUT2D eigenvalue weighted by Gasteiger charge is 2.15. The Morgan fingerprint density at radius 2 is 2.04 bits per heavy atom. The average molecular weight is 329 g/mol. The number of morpholine rings is 1. The van der Waals surface area contributed by atoms with Crippen LogP contribution < -0.4 is 10.6 Å². The van der Waals surface area contributed by atoms with Crippen LogP contribution in [0.15, 0.2) is 36.4 Å². The number of nitrogens with one attached hydrogen (secondary N) is 2. The van der Waals surface area contributed by atoms with Gasteiger partial charge in [0.15, 0.2) is 0 Å². The summed E-state index contributed by atoms with van der Waals surface area (Å²) in [7, 11) is 0. The summed E-state index contributed by atoms with van der Waals surface area (Å²) in [4.78, 5) is 14.6. The number of carbonyl (C=O) groups excluding carboxylic acids is 1. The zero-order chi connectivity index (χ0) is 16.6. The first kappa shape index (κ1) is 17.0. The predicted molar refractivity (Wildman–Crippen MR) is 96.0 cm³/mol. The zero-order valence-corrected chi connectivity index (χ0v) is 14.2. The summed E-state index contributed by atoms with van der Waals surface area (Å²) in [5, 5.41) is 6.03. The van der Waals surface area contributed by atoms with Gasteiger partial charge < -0.3 is 15.4 Å². The quantitative estimate of drug-likeness (QED) is 0.817. The van der Waals surface area contributed by atoms with Crippen LogP contribution in [0.2, 0.25) is 0 Å². The maximum Gasteiger partial charge on any atom is 0.319 e. The van der Waals surface area contributed by atoms with E-state index in [0.717, 1.165) is 69.9 Å². The van der Waals surface area contributed by atoms with E-state index in [1.54, 1.807) is 0 Å². The molecule has 5 heteroatoms. The summed E-state index contributed by atoms with van der Waals surface area (Å²) in [6.45, 7) is 5.03. The Morgan fingerprint density at radius 3 is 2.83 bits per heavy atom. The minimum absolute atomic E-state index is 0.112. The lowest BCUT2D eigenvalue weighted by Crippen LogP contribution is -2.36. The fraction of sp³-hybridized carbons (Fsp3) is 0.526. The number of ether oxygens (including phenoxy) is 1. The molecule has 1 heterocycles. The van der Waals surface area contributed by atoms with Gasteiger partial charge in [0.05, 0.1) is 13.2 Å². The third-order valence-electron chi connectivity index (χ3n) is 4.69. The van der Waals surface area contributed by atoms with Gasteiger partial charge in [0, 0.05) is 31.9 Å². The van der Waals surface area contributed by atoms with Gasteiger partial charge in [-0.1, -0.05) is 30.4 Å². The van der Waals surface area contributed by atoms with Gasteiger partial charge in [-0.15, -0.1) is 0 Å². The molecular formula is C19H27N3O2. The number of urea groups is 1. The van der Waals surface area contributed by atoms with Crippen LogP contribution in [0.1, 0.15) is 24.8 Å². The van der Waals surface area contributed by atoms with Gasteiger partial charge in [-0.05, 0) is 36.8 Å². The van der Waals surface area contributed by atoms with Crippen LogP contribution in [0.4, 0.5) is 10.5 Å². The first-order valence-electron chi connectivity index (χ1n) is 8.89. The number of anilines is 1. The number of hydrogen-bond acceptors (Lipinski definition) is 3. The molecule has 1 aliphatic heterocycles. The lowest BCUT2D eigenvalue weighted by Gasteiger charge is -2.27. The molecule has 1 atom stereocenters. The Labute approximate surface area is 144 Å². The topological polar surface area (TPSA) is 53.6 Å². The fourth-order valence-electron chi connectivity index (χ4n) is 3.23. The number of allylic oxidation sites excluding steroid dienone is 2. The van der Waals surface area contributed by atoms with Crippen molar-refractivity contribution < 1.29 is 9.53 Å². The molecule has 3 rings (SSSR count). The Bertz CT molecular complexity index is 567. The summed E-state index contributed by atoms with van der Waals surface area (Å²) in [5.41, 5.74) is 2.04. The fourth-order valence-corrected chi connectivity index (χ4v) is 3.23. The van der Waals surface area contributed by atoms with Crippen molar-refractivity contribution in [1.82, 2.24) is 10.2 Å². The van der Waals surface area contributed by atoms with Crippen LogP contribution in [0.5, 0.6) is 0 Å². The molecule has 1 aromatic rings. The van der Waals surface area contributed by atoms with Crippen molar-refractivity contribution in [1.29, 1.82) is 0 Å². The molecule has 1 saturated heterocycles. The number of benzene rings is 1. The Balaban J connectivity index is 1.51. The van der Waals surface area contributed by atoms with Crippen LogP contribution in [-0.2, 0) is 11.3 Å². The van der Waals surface area contributed by atoms with E-state index in [1.807, 2.05) is 18.2 Å². The van der Waals surface area contributed by atoms with Crippen molar-refractivity contribution in [2.75, 3.05) is 38.2 Å². The summed E-state index contributed by atoms with van der Waals surface area (Å²) in [6.07, 6.45) is 7.78. The van der Waals surface area contributed by atoms with E-state index in [4.69, 9.17) is 4.74 Å². The minimum Gasteiger partial charge on any atom is -0.379 e. The van der Waals surface area contributed by atoms with Crippen LogP contribution in [0, 0.1) is 5.92 Å². The highest BCUT2D eigenvalue weighted by Crippen LogP contribution is 2.19. The summed E-state index contributed by atoms with van der Waals surface area (Å²) in [5.74, 6) is 0.560. The number of hydrogen-bond donors (Lipinski definition) is 2. The van der Waals surface area contributed by atoms with Gasteiger partial charge in [-0.25, -0.2) is 4.79 Å². The first-order valence-corrected chi connectivity index (χ1v) is 8.89. The van der Waals surface area contributed by atoms with Gasteiger partial charge >= 0.3 is 6.03 Å². The second kappa shape index (κ2) is 8.85. The van der Waals surface area contributed by atoms with E-state index in [0.29, 0.717) is 5.92 Å². The van der Waals surface area contributed by atoms with Crippen LogP contribution in [0.25, 0.3) is 0 Å². The number of nitrogens with zero attached hydrogens (tertiary/aromatic N) is 1. The SMILES string of the molecule is O=C(NCC1CC=CCC1)Nc1ccccc1CN1CCOCC1. The van der Waals surface area contributed by atoms with E-state index in [-0.39, 0.29) is 6.03 Å². The first-order chi connectivity index (χ1) is 11.8. The monoisotopic (exact) mass is 329 g/mol. The molecule has 5 nitrogen and oxygen atoms in total. The molecule has 0 bridgehead atoms. The number of para-hydroxylation sites is 1. The summed E-state index contributed by atoms with van der Waals surface area (Å²) >= 11 is 0. The van der Waals surface area contributed by atoms with Crippen LogP contribution >= 0.6 is 0 Å². The van der Waals surface area contributed by atoms with Gasteiger partial charge in [0.25, 0.3) is 0 Å². The Kier molecular flexibility index (Phi) is 6.26. The van der Waals surface area contributed by atoms with E-state index >= 15 is 0 Å². The molecule has 2 aliphatic rings. The maximum atomic E-state index is 12.2. The maximum absolute atomic E-state index is 12.2. The van der Waals surface area contributed by atoms with E-state index < -0.39 is 0 Å². The standard InChI is InChI=1S/C19H27N3O2/c23-19(20-14-16-6-2-1-3-7-16)21-18-9-5-4-8-17(18)15-22-10-12-24-13-11-22/h1-2,4-5,8-9,16H,3,6-7,10-15H2,(H2,20,21,23). The lowest BCUT2D eigenvalue weighted by molar-refractivity contribution is 0.0343. The molecule has 1 aromatic carbocycles. The molecular weight excluding hydrogens is 302 g/mol. The highest BCUT2D eigenvalue weighted by atomic mass is 16.5. The number of amides is 2. The van der Waals surface area contributed by atoms with Gasteiger partial charge in [-0.3, -0.25) is 4.90 Å². The second-order valence-electron chi connectivity index (χ2n) is 6.53. The number of carbonyl (C=O) groups is 1. The van der Waals surface area contributed by atoms with E-state index in [1.165, 1.54) is 0 Å². The minimum atomic E-state index is -0.112. The molecule has 1 unspecified atom stereocenters. The van der Waals surface area contributed by atoms with Gasteiger partial charge in [0.1, 0.15) is 0 Å². The molecule has 1 aliphatic carbocycles. The Morgan fingerprint density at radius 1 is 1.21 bits per heavy atom.